The third-order valence-corrected chi connectivity index (χ3v) is 5.65. The summed E-state index contributed by atoms with van der Waals surface area (Å²) < 4.78 is 2.18. The molecule has 0 unspecified atom stereocenters. The zero-order chi connectivity index (χ0) is 20.9. The second kappa shape index (κ2) is 6.64. The number of benzene rings is 3. The fraction of sp³-hybridized carbons (Fsp3) is 0.0385. The van der Waals surface area contributed by atoms with Gasteiger partial charge in [0.2, 0.25) is 0 Å². The van der Waals surface area contributed by atoms with Crippen molar-refractivity contribution < 1.29 is 5.11 Å². The molecule has 0 saturated heterocycles. The Morgan fingerprint density at radius 3 is 2.06 bits per heavy atom. The number of aromatic hydroxyl groups is 1. The molecule has 31 heavy (non-hydrogen) atoms. The first-order valence-electron chi connectivity index (χ1n) is 10.1. The number of nitrogens with zero attached hydrogens (tertiary/aromatic N) is 4. The molecule has 3 heterocycles. The molecule has 0 atom stereocenters. The van der Waals surface area contributed by atoms with E-state index in [2.05, 4.69) is 51.8 Å². The Morgan fingerprint density at radius 2 is 1.35 bits per heavy atom. The van der Waals surface area contributed by atoms with E-state index < -0.39 is 0 Å². The molecular weight excluding hydrogens is 384 g/mol. The van der Waals surface area contributed by atoms with Gasteiger partial charge in [-0.15, -0.1) is 0 Å². The van der Waals surface area contributed by atoms with Gasteiger partial charge in [-0.05, 0) is 67.6 Å². The summed E-state index contributed by atoms with van der Waals surface area (Å²) in [4.78, 5) is 14.4. The van der Waals surface area contributed by atoms with E-state index in [4.69, 9.17) is 4.98 Å². The molecule has 3 aromatic carbocycles. The van der Waals surface area contributed by atoms with E-state index in [-0.39, 0.29) is 5.75 Å². The first kappa shape index (κ1) is 17.6. The Morgan fingerprint density at radius 1 is 0.710 bits per heavy atom. The van der Waals surface area contributed by atoms with Crippen molar-refractivity contribution in [3.8, 4) is 22.8 Å². The molecule has 0 aliphatic heterocycles. The van der Waals surface area contributed by atoms with Crippen molar-refractivity contribution in [1.29, 1.82) is 0 Å². The largest absolute Gasteiger partial charge is 0.508 e. The van der Waals surface area contributed by atoms with Crippen LogP contribution in [0.2, 0.25) is 0 Å². The second-order valence-electron chi connectivity index (χ2n) is 7.65. The van der Waals surface area contributed by atoms with Crippen LogP contribution in [0.1, 0.15) is 5.56 Å². The number of hydrogen-bond acceptors (Lipinski definition) is 4. The monoisotopic (exact) mass is 402 g/mol. The van der Waals surface area contributed by atoms with Gasteiger partial charge in [-0.25, -0.2) is 4.98 Å². The lowest BCUT2D eigenvalue weighted by atomic mass is 10.1. The summed E-state index contributed by atoms with van der Waals surface area (Å²) in [6.07, 6.45) is 3.59. The van der Waals surface area contributed by atoms with Crippen LogP contribution in [0.4, 0.5) is 0 Å². The minimum absolute atomic E-state index is 0.228. The van der Waals surface area contributed by atoms with E-state index in [9.17, 15) is 5.11 Å². The number of pyridine rings is 2. The van der Waals surface area contributed by atoms with Crippen molar-refractivity contribution in [1.82, 2.24) is 19.5 Å². The average Bonchev–Trinajstić information content (AvgIpc) is 3.21. The molecule has 0 aliphatic rings. The van der Waals surface area contributed by atoms with Crippen LogP contribution in [0.3, 0.4) is 0 Å². The molecule has 5 heteroatoms. The lowest BCUT2D eigenvalue weighted by Crippen LogP contribution is -1.98. The van der Waals surface area contributed by atoms with E-state index in [0.29, 0.717) is 0 Å². The molecule has 0 saturated carbocycles. The standard InChI is InChI=1S/C26H18N4O/c1-16-6-10-18(11-7-16)30-25-21-5-3-15-28-23(21)22-20(4-2-14-27-22)24(25)29-26(30)17-8-12-19(31)13-9-17/h2-15,31H,1H3. The van der Waals surface area contributed by atoms with E-state index in [0.717, 1.165) is 49.9 Å². The summed E-state index contributed by atoms with van der Waals surface area (Å²) in [6.45, 7) is 2.08. The van der Waals surface area contributed by atoms with Crippen LogP contribution in [0.25, 0.3) is 49.9 Å². The smallest absolute Gasteiger partial charge is 0.145 e. The van der Waals surface area contributed by atoms with Crippen LogP contribution in [0, 0.1) is 6.92 Å². The number of imidazole rings is 1. The number of phenolic OH excluding ortho intramolecular Hbond substituents is 1. The number of fused-ring (bicyclic) bond motifs is 6. The topological polar surface area (TPSA) is 63.8 Å². The molecule has 6 rings (SSSR count). The van der Waals surface area contributed by atoms with Gasteiger partial charge in [0.25, 0.3) is 0 Å². The van der Waals surface area contributed by atoms with Crippen LogP contribution in [-0.4, -0.2) is 24.6 Å². The van der Waals surface area contributed by atoms with Gasteiger partial charge in [0.15, 0.2) is 0 Å². The maximum Gasteiger partial charge on any atom is 0.145 e. The zero-order valence-electron chi connectivity index (χ0n) is 16.8. The highest BCUT2D eigenvalue weighted by Gasteiger charge is 2.20. The summed E-state index contributed by atoms with van der Waals surface area (Å²) in [5.41, 5.74) is 6.71. The van der Waals surface area contributed by atoms with Crippen molar-refractivity contribution in [3.63, 3.8) is 0 Å². The van der Waals surface area contributed by atoms with Crippen molar-refractivity contribution in [2.75, 3.05) is 0 Å². The SMILES string of the molecule is Cc1ccc(-n2c(-c3ccc(O)cc3)nc3c4cccnc4c4ncccc4c32)cc1. The van der Waals surface area contributed by atoms with Gasteiger partial charge in [-0.1, -0.05) is 17.7 Å². The molecule has 6 aromatic rings. The van der Waals surface area contributed by atoms with Crippen LogP contribution in [0.15, 0.2) is 85.2 Å². The third kappa shape index (κ3) is 2.67. The molecule has 5 nitrogen and oxygen atoms in total. The highest BCUT2D eigenvalue weighted by Crippen LogP contribution is 2.37. The zero-order valence-corrected chi connectivity index (χ0v) is 16.8. The van der Waals surface area contributed by atoms with Crippen LogP contribution in [-0.2, 0) is 0 Å². The summed E-state index contributed by atoms with van der Waals surface area (Å²) in [5, 5.41) is 11.8. The molecule has 0 radical (unpaired) electrons. The molecular formula is C26H18N4O. The maximum atomic E-state index is 9.80. The van der Waals surface area contributed by atoms with Gasteiger partial charge < -0.3 is 5.11 Å². The molecule has 0 fully saturated rings. The summed E-state index contributed by atoms with van der Waals surface area (Å²) in [7, 11) is 0. The quantitative estimate of drug-likeness (QED) is 0.372. The Hall–Kier alpha value is -4.25. The Balaban J connectivity index is 1.85. The van der Waals surface area contributed by atoms with Gasteiger partial charge in [0.05, 0.1) is 22.1 Å². The highest BCUT2D eigenvalue weighted by molar-refractivity contribution is 6.21. The van der Waals surface area contributed by atoms with Gasteiger partial charge in [-0.2, -0.15) is 0 Å². The van der Waals surface area contributed by atoms with Gasteiger partial charge in [0.1, 0.15) is 11.6 Å². The van der Waals surface area contributed by atoms with Gasteiger partial charge >= 0.3 is 0 Å². The van der Waals surface area contributed by atoms with E-state index in [1.807, 2.05) is 30.3 Å². The molecule has 1 N–H and O–H groups in total. The van der Waals surface area contributed by atoms with Crippen molar-refractivity contribution >= 4 is 32.8 Å². The highest BCUT2D eigenvalue weighted by atomic mass is 16.3. The summed E-state index contributed by atoms with van der Waals surface area (Å²) in [5.74, 6) is 1.03. The van der Waals surface area contributed by atoms with Crippen LogP contribution in [0.5, 0.6) is 5.75 Å². The van der Waals surface area contributed by atoms with Crippen LogP contribution < -0.4 is 0 Å². The Labute approximate surface area is 178 Å². The molecule has 3 aromatic heterocycles. The number of aryl methyl sites for hydroxylation is 1. The lowest BCUT2D eigenvalue weighted by Gasteiger charge is -2.12. The third-order valence-electron chi connectivity index (χ3n) is 5.65. The molecule has 0 spiro atoms. The number of rotatable bonds is 2. The molecule has 0 amide bonds. The predicted octanol–water partition coefficient (Wildman–Crippen LogP) is 5.80. The summed E-state index contributed by atoms with van der Waals surface area (Å²) >= 11 is 0. The first-order valence-corrected chi connectivity index (χ1v) is 10.1. The molecule has 0 aliphatic carbocycles. The number of hydrogen-bond donors (Lipinski definition) is 1. The molecule has 0 bridgehead atoms. The van der Waals surface area contributed by atoms with Gasteiger partial charge in [0, 0.05) is 34.4 Å². The van der Waals surface area contributed by atoms with E-state index >= 15 is 0 Å². The fourth-order valence-electron chi connectivity index (χ4n) is 4.18. The first-order chi connectivity index (χ1) is 15.2. The summed E-state index contributed by atoms with van der Waals surface area (Å²) in [6, 6.07) is 23.6. The van der Waals surface area contributed by atoms with Crippen molar-refractivity contribution in [3.05, 3.63) is 90.8 Å². The normalized spacial score (nSPS) is 11.5. The van der Waals surface area contributed by atoms with E-state index in [1.165, 1.54) is 5.56 Å². The molecule has 148 valence electrons. The predicted molar refractivity (Wildman–Crippen MR) is 124 cm³/mol. The maximum absolute atomic E-state index is 9.80. The van der Waals surface area contributed by atoms with Crippen LogP contribution >= 0.6 is 0 Å². The number of aromatic nitrogens is 4. The average molecular weight is 402 g/mol. The lowest BCUT2D eigenvalue weighted by molar-refractivity contribution is 0.475. The number of phenols is 1. The van der Waals surface area contributed by atoms with Crippen molar-refractivity contribution in [2.45, 2.75) is 6.92 Å². The minimum Gasteiger partial charge on any atom is -0.508 e. The van der Waals surface area contributed by atoms with Crippen molar-refractivity contribution in [2.24, 2.45) is 0 Å². The fourth-order valence-corrected chi connectivity index (χ4v) is 4.18. The second-order valence-corrected chi connectivity index (χ2v) is 7.65. The minimum atomic E-state index is 0.228. The Bertz CT molecular complexity index is 1580. The Kier molecular flexibility index (Phi) is 3.77. The van der Waals surface area contributed by atoms with E-state index in [1.54, 1.807) is 24.5 Å². The van der Waals surface area contributed by atoms with Gasteiger partial charge in [-0.3, -0.25) is 14.5 Å².